The number of nitrogen functional groups attached to an aromatic ring is 1. The number of anilines is 1. The summed E-state index contributed by atoms with van der Waals surface area (Å²) >= 11 is 5.92. The van der Waals surface area contributed by atoms with Crippen LogP contribution in [0, 0.1) is 0 Å². The van der Waals surface area contributed by atoms with Gasteiger partial charge in [-0.15, -0.1) is 5.11 Å². The number of nitrogens with two attached hydrogens (primary N) is 1. The van der Waals surface area contributed by atoms with Gasteiger partial charge in [-0.25, -0.2) is 9.25 Å². The van der Waals surface area contributed by atoms with Gasteiger partial charge in [-0.2, -0.15) is 10.2 Å². The van der Waals surface area contributed by atoms with Gasteiger partial charge in [-0.3, -0.25) is 0 Å². The zero-order valence-corrected chi connectivity index (χ0v) is 14.5. The average molecular weight is 363 g/mol. The van der Waals surface area contributed by atoms with Crippen LogP contribution < -0.4 is 22.7 Å². The quantitative estimate of drug-likeness (QED) is 0.539. The predicted molar refractivity (Wildman–Crippen MR) is 89.0 cm³/mol. The van der Waals surface area contributed by atoms with E-state index in [9.17, 15) is 0 Å². The minimum absolute atomic E-state index is 0. The molecule has 8 heteroatoms. The van der Waals surface area contributed by atoms with Gasteiger partial charge in [0.05, 0.1) is 18.4 Å². The third kappa shape index (κ3) is 4.31. The van der Waals surface area contributed by atoms with Crippen molar-refractivity contribution in [2.45, 2.75) is 6.54 Å². The van der Waals surface area contributed by atoms with Crippen LogP contribution in [-0.2, 0) is 13.6 Å². The maximum atomic E-state index is 6.09. The van der Waals surface area contributed by atoms with Crippen LogP contribution in [0.25, 0.3) is 0 Å². The number of pyridine rings is 1. The number of hydrogen-bond donors (Lipinski definition) is 1. The number of benzene rings is 1. The standard InChI is InChI=1S/C16H16ClN6.ClH/c1-22-7-5-12(6-8-22)11-23-16(18)15(10-19-23)21-20-14-4-2-3-13(17)9-14;/h2-10H,11,18H2,1H3;1H/q+1;/p-1. The molecule has 0 radical (unpaired) electrons. The lowest BCUT2D eigenvalue weighted by molar-refractivity contribution is -0.671. The van der Waals surface area contributed by atoms with Crippen molar-refractivity contribution in [2.75, 3.05) is 5.73 Å². The van der Waals surface area contributed by atoms with Crippen LogP contribution in [0.4, 0.5) is 17.2 Å². The molecule has 24 heavy (non-hydrogen) atoms. The topological polar surface area (TPSA) is 72.4 Å². The normalized spacial score (nSPS) is 10.8. The second-order valence-corrected chi connectivity index (χ2v) is 5.56. The van der Waals surface area contributed by atoms with Crippen LogP contribution in [0.2, 0.25) is 5.02 Å². The summed E-state index contributed by atoms with van der Waals surface area (Å²) in [5.41, 5.74) is 8.40. The van der Waals surface area contributed by atoms with Crippen LogP contribution in [0.5, 0.6) is 0 Å². The monoisotopic (exact) mass is 362 g/mol. The van der Waals surface area contributed by atoms with Gasteiger partial charge < -0.3 is 18.1 Å². The fourth-order valence-corrected chi connectivity index (χ4v) is 2.23. The number of halogens is 2. The van der Waals surface area contributed by atoms with Gasteiger partial charge in [0.25, 0.3) is 0 Å². The summed E-state index contributed by atoms with van der Waals surface area (Å²) in [5.74, 6) is 0.476. The van der Waals surface area contributed by atoms with Gasteiger partial charge in [-0.1, -0.05) is 17.7 Å². The van der Waals surface area contributed by atoms with Crippen molar-refractivity contribution in [1.29, 1.82) is 0 Å². The maximum absolute atomic E-state index is 6.09. The van der Waals surface area contributed by atoms with Gasteiger partial charge in [-0.05, 0) is 23.8 Å². The largest absolute Gasteiger partial charge is 1.00 e. The number of azo groups is 1. The highest BCUT2D eigenvalue weighted by molar-refractivity contribution is 6.30. The van der Waals surface area contributed by atoms with Crippen molar-refractivity contribution in [3.05, 3.63) is 65.6 Å². The first-order valence-corrected chi connectivity index (χ1v) is 7.42. The molecule has 0 unspecified atom stereocenters. The molecular weight excluding hydrogens is 347 g/mol. The van der Waals surface area contributed by atoms with Gasteiger partial charge in [0, 0.05) is 17.2 Å². The highest BCUT2D eigenvalue weighted by Gasteiger charge is 2.08. The van der Waals surface area contributed by atoms with Crippen molar-refractivity contribution in [3.63, 3.8) is 0 Å². The molecule has 1 aromatic carbocycles. The van der Waals surface area contributed by atoms with E-state index < -0.39 is 0 Å². The zero-order valence-electron chi connectivity index (χ0n) is 13.0. The number of hydrogen-bond acceptors (Lipinski definition) is 4. The molecule has 0 aliphatic rings. The van der Waals surface area contributed by atoms with Crippen LogP contribution >= 0.6 is 11.6 Å². The molecule has 0 bridgehead atoms. The Hall–Kier alpha value is -2.44. The Morgan fingerprint density at radius 1 is 1.21 bits per heavy atom. The van der Waals surface area contributed by atoms with E-state index in [2.05, 4.69) is 15.3 Å². The van der Waals surface area contributed by atoms with Crippen molar-refractivity contribution in [3.8, 4) is 0 Å². The summed E-state index contributed by atoms with van der Waals surface area (Å²) in [6, 6.07) is 11.2. The Kier molecular flexibility index (Phi) is 5.89. The van der Waals surface area contributed by atoms with Crippen LogP contribution in [0.15, 0.2) is 65.2 Å². The lowest BCUT2D eigenvalue weighted by atomic mass is 10.3. The van der Waals surface area contributed by atoms with Gasteiger partial charge in [0.15, 0.2) is 12.4 Å². The van der Waals surface area contributed by atoms with E-state index in [0.29, 0.717) is 28.8 Å². The maximum Gasteiger partial charge on any atom is 0.168 e. The third-order valence-electron chi connectivity index (χ3n) is 3.32. The van der Waals surface area contributed by atoms with Crippen molar-refractivity contribution in [1.82, 2.24) is 9.78 Å². The second kappa shape index (κ2) is 7.90. The van der Waals surface area contributed by atoms with Crippen LogP contribution in [0.3, 0.4) is 0 Å². The molecule has 124 valence electrons. The third-order valence-corrected chi connectivity index (χ3v) is 3.56. The molecule has 2 heterocycles. The number of rotatable bonds is 4. The molecule has 0 amide bonds. The molecule has 3 aromatic rings. The van der Waals surface area contributed by atoms with Gasteiger partial charge in [0.2, 0.25) is 0 Å². The van der Waals surface area contributed by atoms with Gasteiger partial charge in [0.1, 0.15) is 18.6 Å². The summed E-state index contributed by atoms with van der Waals surface area (Å²) < 4.78 is 3.67. The summed E-state index contributed by atoms with van der Waals surface area (Å²) in [4.78, 5) is 0. The molecule has 6 nitrogen and oxygen atoms in total. The summed E-state index contributed by atoms with van der Waals surface area (Å²) in [6.07, 6.45) is 5.57. The molecule has 3 rings (SSSR count). The fourth-order valence-electron chi connectivity index (χ4n) is 2.05. The first-order chi connectivity index (χ1) is 11.1. The summed E-state index contributed by atoms with van der Waals surface area (Å²) in [7, 11) is 1.97. The van der Waals surface area contributed by atoms with Gasteiger partial charge >= 0.3 is 0 Å². The highest BCUT2D eigenvalue weighted by Crippen LogP contribution is 2.25. The Morgan fingerprint density at radius 2 is 1.96 bits per heavy atom. The van der Waals surface area contributed by atoms with E-state index in [1.165, 1.54) is 0 Å². The Morgan fingerprint density at radius 3 is 2.67 bits per heavy atom. The van der Waals surface area contributed by atoms with E-state index in [0.717, 1.165) is 5.56 Å². The Balaban J connectivity index is 0.00000208. The first kappa shape index (κ1) is 17.9. The van der Waals surface area contributed by atoms with Crippen molar-refractivity contribution >= 4 is 28.8 Å². The summed E-state index contributed by atoms with van der Waals surface area (Å²) in [5, 5.41) is 13.2. The SMILES string of the molecule is C[n+]1ccc(Cn2ncc(N=Nc3cccc(Cl)c3)c2N)cc1.[Cl-]. The minimum Gasteiger partial charge on any atom is -1.00 e. The minimum atomic E-state index is 0. The van der Waals surface area contributed by atoms with E-state index in [1.807, 2.05) is 48.3 Å². The molecule has 0 spiro atoms. The predicted octanol–water partition coefficient (Wildman–Crippen LogP) is 0.411. The van der Waals surface area contributed by atoms with E-state index in [4.69, 9.17) is 17.3 Å². The number of aromatic nitrogens is 3. The van der Waals surface area contributed by atoms with Crippen molar-refractivity contribution in [2.24, 2.45) is 17.3 Å². The second-order valence-electron chi connectivity index (χ2n) is 5.12. The Labute approximate surface area is 151 Å². The molecular formula is C16H16Cl2N6. The lowest BCUT2D eigenvalue weighted by Gasteiger charge is -2.03. The number of nitrogens with zero attached hydrogens (tertiary/aromatic N) is 5. The lowest BCUT2D eigenvalue weighted by Crippen LogP contribution is -3.00. The average Bonchev–Trinajstić information content (AvgIpc) is 2.88. The van der Waals surface area contributed by atoms with Crippen molar-refractivity contribution < 1.29 is 17.0 Å². The zero-order chi connectivity index (χ0) is 16.2. The van der Waals surface area contributed by atoms with Crippen LogP contribution in [0.1, 0.15) is 5.56 Å². The first-order valence-electron chi connectivity index (χ1n) is 7.04. The molecule has 2 aromatic heterocycles. The molecule has 0 saturated carbocycles. The molecule has 0 aliphatic heterocycles. The summed E-state index contributed by atoms with van der Waals surface area (Å²) in [6.45, 7) is 0.583. The molecule has 0 atom stereocenters. The molecule has 0 fully saturated rings. The van der Waals surface area contributed by atoms with E-state index in [1.54, 1.807) is 23.0 Å². The number of aryl methyl sites for hydroxylation is 1. The molecule has 0 aliphatic carbocycles. The van der Waals surface area contributed by atoms with E-state index >= 15 is 0 Å². The molecule has 2 N–H and O–H groups in total. The Bertz CT molecular complexity index is 842. The van der Waals surface area contributed by atoms with E-state index in [-0.39, 0.29) is 12.4 Å². The van der Waals surface area contributed by atoms with Crippen LogP contribution in [-0.4, -0.2) is 9.78 Å². The fraction of sp³-hybridized carbons (Fsp3) is 0.125. The highest BCUT2D eigenvalue weighted by atomic mass is 35.5. The molecule has 0 saturated heterocycles. The smallest absolute Gasteiger partial charge is 0.168 e.